The molecule has 0 spiro atoms. The van der Waals surface area contributed by atoms with Crippen LogP contribution in [0.25, 0.3) is 0 Å². The molecule has 0 radical (unpaired) electrons. The standard InChI is InChI=1S/C10H6Br2O2/c11-6-3-5-7(8(6)13)4-1-2-10(5,12)9(4)14/h1-5,7H/t4-,5+,7-,10-/m1/s1. The Morgan fingerprint density at radius 1 is 1.36 bits per heavy atom. The van der Waals surface area contributed by atoms with E-state index in [2.05, 4.69) is 31.9 Å². The Kier molecular flexibility index (Phi) is 1.60. The first-order valence-corrected chi connectivity index (χ1v) is 5.98. The maximum Gasteiger partial charge on any atom is 0.174 e. The van der Waals surface area contributed by atoms with E-state index in [0.29, 0.717) is 4.48 Å². The number of carbonyl (C=O) groups excluding carboxylic acids is 2. The van der Waals surface area contributed by atoms with E-state index in [-0.39, 0.29) is 29.3 Å². The highest BCUT2D eigenvalue weighted by Crippen LogP contribution is 2.57. The topological polar surface area (TPSA) is 34.1 Å². The van der Waals surface area contributed by atoms with Gasteiger partial charge in [0.1, 0.15) is 4.32 Å². The molecule has 0 aliphatic heterocycles. The van der Waals surface area contributed by atoms with Gasteiger partial charge in [-0.1, -0.05) is 34.2 Å². The number of hydrogen-bond acceptors (Lipinski definition) is 2. The summed E-state index contributed by atoms with van der Waals surface area (Å²) in [6.45, 7) is 0. The van der Waals surface area contributed by atoms with E-state index in [0.717, 1.165) is 0 Å². The van der Waals surface area contributed by atoms with Crippen molar-refractivity contribution in [2.24, 2.45) is 17.8 Å². The van der Waals surface area contributed by atoms with E-state index in [1.165, 1.54) is 0 Å². The van der Waals surface area contributed by atoms with Crippen LogP contribution < -0.4 is 0 Å². The summed E-state index contributed by atoms with van der Waals surface area (Å²) in [5, 5.41) is 0. The smallest absolute Gasteiger partial charge is 0.174 e. The second-order valence-corrected chi connectivity index (χ2v) is 6.11. The Hall–Kier alpha value is -0.220. The molecule has 0 N–H and O–H groups in total. The first kappa shape index (κ1) is 9.04. The van der Waals surface area contributed by atoms with Crippen molar-refractivity contribution >= 4 is 43.4 Å². The zero-order valence-electron chi connectivity index (χ0n) is 7.04. The number of halogens is 2. The lowest BCUT2D eigenvalue weighted by atomic mass is 9.85. The molecule has 0 aromatic carbocycles. The highest BCUT2D eigenvalue weighted by molar-refractivity contribution is 9.12. The van der Waals surface area contributed by atoms with E-state index in [4.69, 9.17) is 0 Å². The van der Waals surface area contributed by atoms with Crippen molar-refractivity contribution in [1.82, 2.24) is 0 Å². The molecule has 0 heterocycles. The van der Waals surface area contributed by atoms with Gasteiger partial charge in [-0.15, -0.1) is 0 Å². The third kappa shape index (κ3) is 0.784. The molecule has 2 bridgehead atoms. The van der Waals surface area contributed by atoms with Gasteiger partial charge in [0.05, 0.1) is 4.48 Å². The van der Waals surface area contributed by atoms with Crippen LogP contribution in [0.5, 0.6) is 0 Å². The number of ketones is 2. The molecule has 3 rings (SSSR count). The second-order valence-electron chi connectivity index (χ2n) is 3.95. The lowest BCUT2D eigenvalue weighted by Gasteiger charge is -2.22. The van der Waals surface area contributed by atoms with Gasteiger partial charge in [0, 0.05) is 17.8 Å². The molecule has 2 nitrogen and oxygen atoms in total. The third-order valence-electron chi connectivity index (χ3n) is 3.35. The number of carbonyl (C=O) groups is 2. The number of alkyl halides is 1. The fraction of sp³-hybridized carbons (Fsp3) is 0.400. The van der Waals surface area contributed by atoms with E-state index >= 15 is 0 Å². The Morgan fingerprint density at radius 2 is 2.07 bits per heavy atom. The average Bonchev–Trinajstić information content (AvgIpc) is 2.65. The van der Waals surface area contributed by atoms with Crippen LogP contribution in [0.3, 0.4) is 0 Å². The number of hydrogen-bond donors (Lipinski definition) is 0. The first-order valence-electron chi connectivity index (χ1n) is 4.40. The summed E-state index contributed by atoms with van der Waals surface area (Å²) in [6, 6.07) is 0. The molecule has 72 valence electrons. The van der Waals surface area contributed by atoms with E-state index in [9.17, 15) is 9.59 Å². The third-order valence-corrected chi connectivity index (χ3v) is 5.19. The van der Waals surface area contributed by atoms with Crippen molar-refractivity contribution in [1.29, 1.82) is 0 Å². The highest BCUT2D eigenvalue weighted by Gasteiger charge is 2.63. The Balaban J connectivity index is 2.18. The lowest BCUT2D eigenvalue weighted by Crippen LogP contribution is -2.29. The minimum absolute atomic E-state index is 0.00637. The Morgan fingerprint density at radius 3 is 2.71 bits per heavy atom. The molecule has 0 aromatic rings. The minimum Gasteiger partial charge on any atom is -0.297 e. The summed E-state index contributed by atoms with van der Waals surface area (Å²) in [7, 11) is 0. The van der Waals surface area contributed by atoms with Crippen LogP contribution in [0.4, 0.5) is 0 Å². The molecule has 1 saturated carbocycles. The first-order chi connectivity index (χ1) is 6.55. The van der Waals surface area contributed by atoms with Gasteiger partial charge in [-0.25, -0.2) is 0 Å². The fourth-order valence-corrected chi connectivity index (χ4v) is 4.04. The number of rotatable bonds is 0. The molecule has 4 heteroatoms. The van der Waals surface area contributed by atoms with Crippen molar-refractivity contribution in [2.45, 2.75) is 4.32 Å². The van der Waals surface area contributed by atoms with Crippen molar-refractivity contribution in [3.63, 3.8) is 0 Å². The quantitative estimate of drug-likeness (QED) is 0.506. The van der Waals surface area contributed by atoms with Gasteiger partial charge >= 0.3 is 0 Å². The van der Waals surface area contributed by atoms with Gasteiger partial charge in [-0.3, -0.25) is 9.59 Å². The molecule has 1 fully saturated rings. The average molecular weight is 318 g/mol. The monoisotopic (exact) mass is 316 g/mol. The molecule has 0 saturated heterocycles. The van der Waals surface area contributed by atoms with Crippen LogP contribution in [-0.4, -0.2) is 15.9 Å². The maximum atomic E-state index is 11.8. The largest absolute Gasteiger partial charge is 0.297 e. The molecular formula is C10H6Br2O2. The molecular weight excluding hydrogens is 312 g/mol. The molecule has 0 amide bonds. The van der Waals surface area contributed by atoms with Crippen LogP contribution in [0.15, 0.2) is 22.7 Å². The minimum atomic E-state index is -0.604. The SMILES string of the molecule is O=C1C(Br)=C[C@H]2[C@H]1[C@H]1C=C[C@]2(Br)C1=O. The number of fused-ring (bicyclic) bond motifs is 5. The number of Topliss-reactive ketones (excluding diaryl/α,β-unsaturated/α-hetero) is 2. The predicted molar refractivity (Wildman–Crippen MR) is 58.3 cm³/mol. The fourth-order valence-electron chi connectivity index (χ4n) is 2.66. The molecule has 4 atom stereocenters. The van der Waals surface area contributed by atoms with Crippen molar-refractivity contribution in [3.05, 3.63) is 22.7 Å². The molecule has 0 unspecified atom stereocenters. The van der Waals surface area contributed by atoms with Crippen LogP contribution in [0, 0.1) is 17.8 Å². The Labute approximate surface area is 97.7 Å². The molecule has 3 aliphatic rings. The van der Waals surface area contributed by atoms with Gasteiger partial charge in [-0.05, 0) is 15.9 Å². The van der Waals surface area contributed by atoms with E-state index in [1.54, 1.807) is 0 Å². The van der Waals surface area contributed by atoms with Crippen LogP contribution in [0.2, 0.25) is 0 Å². The number of allylic oxidation sites excluding steroid dienone is 4. The summed E-state index contributed by atoms with van der Waals surface area (Å²) in [5.74, 6) is -0.164. The second kappa shape index (κ2) is 2.47. The normalized spacial score (nSPS) is 48.7. The summed E-state index contributed by atoms with van der Waals surface area (Å²) in [6.07, 6.45) is 5.61. The van der Waals surface area contributed by atoms with Crippen molar-refractivity contribution in [3.8, 4) is 0 Å². The van der Waals surface area contributed by atoms with Gasteiger partial charge in [0.15, 0.2) is 11.6 Å². The van der Waals surface area contributed by atoms with E-state index < -0.39 is 4.32 Å². The van der Waals surface area contributed by atoms with Gasteiger partial charge in [-0.2, -0.15) is 0 Å². The lowest BCUT2D eigenvalue weighted by molar-refractivity contribution is -0.124. The zero-order chi connectivity index (χ0) is 10.1. The van der Waals surface area contributed by atoms with Crippen LogP contribution >= 0.6 is 31.9 Å². The summed E-state index contributed by atoms with van der Waals surface area (Å²) in [4.78, 5) is 23.6. The van der Waals surface area contributed by atoms with Crippen molar-refractivity contribution in [2.75, 3.05) is 0 Å². The molecule has 0 aromatic heterocycles. The summed E-state index contributed by atoms with van der Waals surface area (Å²) < 4.78 is 0.0191. The van der Waals surface area contributed by atoms with Gasteiger partial charge < -0.3 is 0 Å². The Bertz CT molecular complexity index is 424. The van der Waals surface area contributed by atoms with Crippen LogP contribution in [0.1, 0.15) is 0 Å². The predicted octanol–water partition coefficient (Wildman–Crippen LogP) is 1.98. The van der Waals surface area contributed by atoms with Gasteiger partial charge in [0.2, 0.25) is 0 Å². The van der Waals surface area contributed by atoms with Gasteiger partial charge in [0.25, 0.3) is 0 Å². The molecule has 14 heavy (non-hydrogen) atoms. The van der Waals surface area contributed by atoms with E-state index in [1.807, 2.05) is 18.2 Å². The van der Waals surface area contributed by atoms with Crippen molar-refractivity contribution < 1.29 is 9.59 Å². The summed E-state index contributed by atoms with van der Waals surface area (Å²) >= 11 is 6.70. The summed E-state index contributed by atoms with van der Waals surface area (Å²) in [5.41, 5.74) is 0. The highest BCUT2D eigenvalue weighted by atomic mass is 79.9. The molecule has 3 aliphatic carbocycles. The maximum absolute atomic E-state index is 11.8. The zero-order valence-corrected chi connectivity index (χ0v) is 10.2. The van der Waals surface area contributed by atoms with Crippen LogP contribution in [-0.2, 0) is 9.59 Å².